The first-order valence-corrected chi connectivity index (χ1v) is 10.9. The van der Waals surface area contributed by atoms with Crippen LogP contribution in [0.25, 0.3) is 11.3 Å². The lowest BCUT2D eigenvalue weighted by atomic mass is 10.1. The molecule has 0 bridgehead atoms. The molecule has 0 aliphatic carbocycles. The topological polar surface area (TPSA) is 94.1 Å². The van der Waals surface area contributed by atoms with Crippen molar-refractivity contribution >= 4 is 11.6 Å². The molecule has 0 unspecified atom stereocenters. The summed E-state index contributed by atoms with van der Waals surface area (Å²) in [6.07, 6.45) is 3.40. The largest absolute Gasteiger partial charge is 0.490 e. The van der Waals surface area contributed by atoms with Crippen molar-refractivity contribution in [3.8, 4) is 22.8 Å². The van der Waals surface area contributed by atoms with E-state index in [4.69, 9.17) is 9.47 Å². The van der Waals surface area contributed by atoms with Gasteiger partial charge in [0, 0.05) is 11.8 Å². The predicted molar refractivity (Wildman–Crippen MR) is 127 cm³/mol. The molecular weight excluding hydrogens is 418 g/mol. The zero-order chi connectivity index (χ0) is 23.2. The average Bonchev–Trinajstić information content (AvgIpc) is 3.46. The molecule has 0 saturated heterocycles. The number of ether oxygens (including phenoxy) is 2. The molecule has 1 amide bonds. The van der Waals surface area contributed by atoms with Crippen LogP contribution >= 0.6 is 0 Å². The van der Waals surface area contributed by atoms with Crippen LogP contribution in [0.2, 0.25) is 0 Å². The predicted octanol–water partition coefficient (Wildman–Crippen LogP) is 4.68. The van der Waals surface area contributed by atoms with Crippen LogP contribution in [0.4, 0.5) is 5.69 Å². The maximum atomic E-state index is 12.6. The first kappa shape index (κ1) is 22.1. The molecule has 0 saturated carbocycles. The van der Waals surface area contributed by atoms with Crippen molar-refractivity contribution < 1.29 is 14.3 Å². The number of rotatable bonds is 9. The standard InChI is InChI=1S/C25H27N5O3/c1-4-32-23-11-8-18(12-24(23)33-5-2)15-30-16-20(14-26-30)27-25(31)22-13-21(28-29-22)19-9-6-17(3)7-10-19/h6-14,16H,4-5,15H2,1-3H3,(H,27,31)(H,28,29). The lowest BCUT2D eigenvalue weighted by Gasteiger charge is -2.12. The maximum absolute atomic E-state index is 12.6. The van der Waals surface area contributed by atoms with E-state index in [1.807, 2.05) is 63.2 Å². The molecule has 2 N–H and O–H groups in total. The number of carbonyl (C=O) groups is 1. The molecule has 8 nitrogen and oxygen atoms in total. The van der Waals surface area contributed by atoms with E-state index < -0.39 is 0 Å². The van der Waals surface area contributed by atoms with Crippen molar-refractivity contribution in [3.63, 3.8) is 0 Å². The molecule has 4 aromatic rings. The summed E-state index contributed by atoms with van der Waals surface area (Å²) in [5, 5.41) is 14.3. The highest BCUT2D eigenvalue weighted by atomic mass is 16.5. The fraction of sp³-hybridized carbons (Fsp3) is 0.240. The van der Waals surface area contributed by atoms with Gasteiger partial charge in [-0.15, -0.1) is 0 Å². The third kappa shape index (κ3) is 5.41. The summed E-state index contributed by atoms with van der Waals surface area (Å²) in [4.78, 5) is 12.6. The summed E-state index contributed by atoms with van der Waals surface area (Å²) >= 11 is 0. The normalized spacial score (nSPS) is 10.8. The van der Waals surface area contributed by atoms with Gasteiger partial charge in [0.15, 0.2) is 11.5 Å². The molecule has 4 rings (SSSR count). The molecule has 0 radical (unpaired) electrons. The zero-order valence-electron chi connectivity index (χ0n) is 19.0. The first-order valence-electron chi connectivity index (χ1n) is 10.9. The van der Waals surface area contributed by atoms with Crippen LogP contribution in [-0.4, -0.2) is 39.1 Å². The minimum absolute atomic E-state index is 0.278. The van der Waals surface area contributed by atoms with E-state index in [0.717, 1.165) is 22.6 Å². The number of nitrogens with zero attached hydrogens (tertiary/aromatic N) is 3. The summed E-state index contributed by atoms with van der Waals surface area (Å²) in [7, 11) is 0. The van der Waals surface area contributed by atoms with Crippen molar-refractivity contribution in [2.45, 2.75) is 27.3 Å². The number of hydrogen-bond acceptors (Lipinski definition) is 5. The maximum Gasteiger partial charge on any atom is 0.273 e. The van der Waals surface area contributed by atoms with Crippen molar-refractivity contribution in [1.82, 2.24) is 20.0 Å². The van der Waals surface area contributed by atoms with Gasteiger partial charge in [-0.05, 0) is 44.5 Å². The van der Waals surface area contributed by atoms with Crippen LogP contribution in [0, 0.1) is 6.92 Å². The van der Waals surface area contributed by atoms with Crippen molar-refractivity contribution in [2.24, 2.45) is 0 Å². The minimum atomic E-state index is -0.278. The van der Waals surface area contributed by atoms with Gasteiger partial charge in [0.05, 0.1) is 37.3 Å². The van der Waals surface area contributed by atoms with Crippen molar-refractivity contribution in [3.05, 3.63) is 77.7 Å². The smallest absolute Gasteiger partial charge is 0.273 e. The Labute approximate surface area is 192 Å². The molecule has 0 aliphatic rings. The van der Waals surface area contributed by atoms with Gasteiger partial charge in [-0.1, -0.05) is 35.9 Å². The summed E-state index contributed by atoms with van der Waals surface area (Å²) in [6.45, 7) is 7.57. The zero-order valence-corrected chi connectivity index (χ0v) is 19.0. The Kier molecular flexibility index (Phi) is 6.73. The van der Waals surface area contributed by atoms with Crippen LogP contribution < -0.4 is 14.8 Å². The van der Waals surface area contributed by atoms with Gasteiger partial charge in [-0.25, -0.2) is 0 Å². The molecule has 33 heavy (non-hydrogen) atoms. The molecule has 0 aliphatic heterocycles. The minimum Gasteiger partial charge on any atom is -0.490 e. The van der Waals surface area contributed by atoms with E-state index in [1.54, 1.807) is 23.1 Å². The number of aryl methyl sites for hydroxylation is 1. The summed E-state index contributed by atoms with van der Waals surface area (Å²) in [5.41, 5.74) is 4.83. The third-order valence-electron chi connectivity index (χ3n) is 5.01. The Balaban J connectivity index is 1.41. The summed E-state index contributed by atoms with van der Waals surface area (Å²) in [6, 6.07) is 15.6. The van der Waals surface area contributed by atoms with Gasteiger partial charge in [0.1, 0.15) is 5.69 Å². The Bertz CT molecular complexity index is 1230. The molecule has 170 valence electrons. The number of H-pyrrole nitrogens is 1. The fourth-order valence-corrected chi connectivity index (χ4v) is 3.40. The third-order valence-corrected chi connectivity index (χ3v) is 5.01. The van der Waals surface area contributed by atoms with Crippen LogP contribution in [0.1, 0.15) is 35.5 Å². The molecule has 0 atom stereocenters. The Morgan fingerprint density at radius 1 is 1.03 bits per heavy atom. The van der Waals surface area contributed by atoms with Gasteiger partial charge in [-0.2, -0.15) is 10.2 Å². The van der Waals surface area contributed by atoms with Crippen molar-refractivity contribution in [1.29, 1.82) is 0 Å². The van der Waals surface area contributed by atoms with E-state index in [0.29, 0.717) is 36.9 Å². The lowest BCUT2D eigenvalue weighted by molar-refractivity contribution is 0.102. The van der Waals surface area contributed by atoms with E-state index in [9.17, 15) is 4.79 Å². The second-order valence-corrected chi connectivity index (χ2v) is 7.56. The Morgan fingerprint density at radius 3 is 2.55 bits per heavy atom. The first-order chi connectivity index (χ1) is 16.1. The van der Waals surface area contributed by atoms with Gasteiger partial charge in [-0.3, -0.25) is 14.6 Å². The van der Waals surface area contributed by atoms with E-state index in [1.165, 1.54) is 5.56 Å². The van der Waals surface area contributed by atoms with E-state index in [2.05, 4.69) is 20.6 Å². The van der Waals surface area contributed by atoms with Crippen LogP contribution in [0.15, 0.2) is 60.9 Å². The summed E-state index contributed by atoms with van der Waals surface area (Å²) < 4.78 is 13.1. The second kappa shape index (κ2) is 10.0. The molecule has 2 heterocycles. The average molecular weight is 446 g/mol. The van der Waals surface area contributed by atoms with Crippen LogP contribution in [0.5, 0.6) is 11.5 Å². The number of aromatic nitrogens is 4. The van der Waals surface area contributed by atoms with Gasteiger partial charge < -0.3 is 14.8 Å². The second-order valence-electron chi connectivity index (χ2n) is 7.56. The van der Waals surface area contributed by atoms with Crippen LogP contribution in [-0.2, 0) is 6.54 Å². The number of hydrogen-bond donors (Lipinski definition) is 2. The van der Waals surface area contributed by atoms with Gasteiger partial charge >= 0.3 is 0 Å². The summed E-state index contributed by atoms with van der Waals surface area (Å²) in [5.74, 6) is 1.15. The number of anilines is 1. The highest BCUT2D eigenvalue weighted by Crippen LogP contribution is 2.29. The number of nitrogens with one attached hydrogen (secondary N) is 2. The number of benzene rings is 2. The molecule has 8 heteroatoms. The van der Waals surface area contributed by atoms with Gasteiger partial charge in [0.2, 0.25) is 0 Å². The number of aromatic amines is 1. The Morgan fingerprint density at radius 2 is 1.79 bits per heavy atom. The van der Waals surface area contributed by atoms with Crippen LogP contribution in [0.3, 0.4) is 0 Å². The molecule has 0 fully saturated rings. The highest BCUT2D eigenvalue weighted by Gasteiger charge is 2.13. The fourth-order valence-electron chi connectivity index (χ4n) is 3.40. The van der Waals surface area contributed by atoms with Gasteiger partial charge in [0.25, 0.3) is 5.91 Å². The monoisotopic (exact) mass is 445 g/mol. The molecule has 2 aromatic carbocycles. The quantitative estimate of drug-likeness (QED) is 0.390. The molecule has 2 aromatic heterocycles. The lowest BCUT2D eigenvalue weighted by Crippen LogP contribution is -2.11. The highest BCUT2D eigenvalue weighted by molar-refractivity contribution is 6.03. The van der Waals surface area contributed by atoms with Crippen molar-refractivity contribution in [2.75, 3.05) is 18.5 Å². The Hall–Kier alpha value is -4.07. The molecule has 0 spiro atoms. The SMILES string of the molecule is CCOc1ccc(Cn2cc(NC(=O)c3cc(-c4ccc(C)cc4)n[nH]3)cn2)cc1OCC. The van der Waals surface area contributed by atoms with E-state index in [-0.39, 0.29) is 5.91 Å². The van der Waals surface area contributed by atoms with E-state index >= 15 is 0 Å². The molecular formula is C25H27N5O3. The number of amides is 1. The number of carbonyl (C=O) groups excluding carboxylic acids is 1.